The highest BCUT2D eigenvalue weighted by molar-refractivity contribution is 5.57. The van der Waals surface area contributed by atoms with Crippen molar-refractivity contribution in [3.8, 4) is 11.5 Å². The quantitative estimate of drug-likeness (QED) is 0.930. The normalized spacial score (nSPS) is 17.8. The van der Waals surface area contributed by atoms with E-state index in [0.29, 0.717) is 23.3 Å². The fraction of sp³-hybridized carbons (Fsp3) is 0.533. The van der Waals surface area contributed by atoms with Crippen LogP contribution in [0.15, 0.2) is 23.0 Å². The van der Waals surface area contributed by atoms with Gasteiger partial charge >= 0.3 is 0 Å². The molecule has 0 aliphatic heterocycles. The minimum Gasteiger partial charge on any atom is -0.397 e. The predicted octanol–water partition coefficient (Wildman–Crippen LogP) is 2.98. The van der Waals surface area contributed by atoms with E-state index in [1.807, 2.05) is 0 Å². The van der Waals surface area contributed by atoms with E-state index in [1.165, 1.54) is 19.3 Å². The number of anilines is 1. The number of nitrogen functional groups attached to an aromatic ring is 1. The Kier molecular flexibility index (Phi) is 4.15. The van der Waals surface area contributed by atoms with E-state index in [4.69, 9.17) is 15.0 Å². The van der Waals surface area contributed by atoms with Crippen molar-refractivity contribution in [2.75, 3.05) is 12.8 Å². The number of rotatable bonds is 4. The fourth-order valence-corrected chi connectivity index (χ4v) is 2.99. The third-order valence-electron chi connectivity index (χ3n) is 4.03. The second kappa shape index (κ2) is 6.22. The molecule has 21 heavy (non-hydrogen) atoms. The summed E-state index contributed by atoms with van der Waals surface area (Å²) in [5.74, 6) is 1.51. The summed E-state index contributed by atoms with van der Waals surface area (Å²) in [6, 6.07) is 1.77. The fourth-order valence-electron chi connectivity index (χ4n) is 2.99. The van der Waals surface area contributed by atoms with Crippen molar-refractivity contribution in [2.24, 2.45) is 5.92 Å². The average Bonchev–Trinajstić information content (AvgIpc) is 2.99. The van der Waals surface area contributed by atoms with Gasteiger partial charge in [0.15, 0.2) is 0 Å². The molecule has 1 fully saturated rings. The number of nitrogens with two attached hydrogens (primary N) is 1. The zero-order valence-corrected chi connectivity index (χ0v) is 12.2. The van der Waals surface area contributed by atoms with Crippen LogP contribution in [0.4, 0.5) is 5.69 Å². The lowest BCUT2D eigenvalue weighted by Crippen LogP contribution is -2.19. The van der Waals surface area contributed by atoms with Crippen LogP contribution in [0.5, 0.6) is 0 Å². The van der Waals surface area contributed by atoms with Crippen molar-refractivity contribution in [2.45, 2.75) is 38.2 Å². The minimum absolute atomic E-state index is 0.100. The molecule has 6 nitrogen and oxygen atoms in total. The summed E-state index contributed by atoms with van der Waals surface area (Å²) in [5.41, 5.74) is 7.03. The largest absolute Gasteiger partial charge is 0.397 e. The van der Waals surface area contributed by atoms with Gasteiger partial charge in [0, 0.05) is 19.5 Å². The van der Waals surface area contributed by atoms with Gasteiger partial charge in [0.1, 0.15) is 6.10 Å². The highest BCUT2D eigenvalue weighted by Crippen LogP contribution is 2.35. The molecule has 0 spiro atoms. The van der Waals surface area contributed by atoms with Crippen LogP contribution >= 0.6 is 0 Å². The first-order valence-corrected chi connectivity index (χ1v) is 7.35. The molecule has 0 aromatic carbocycles. The molecule has 0 saturated heterocycles. The lowest BCUT2D eigenvalue weighted by atomic mass is 9.85. The average molecular weight is 288 g/mol. The summed E-state index contributed by atoms with van der Waals surface area (Å²) in [6.45, 7) is 0. The molecule has 0 radical (unpaired) electrons. The summed E-state index contributed by atoms with van der Waals surface area (Å²) in [5, 5.41) is 4.09. The number of hydrogen-bond donors (Lipinski definition) is 1. The standard InChI is InChI=1S/C15H20N4O2/c1-20-13(10-5-3-2-4-6-10)14-18-15(21-19-14)11-7-12(16)9-17-8-11/h7-10,13H,2-6,16H2,1H3. The molecular weight excluding hydrogens is 268 g/mol. The second-order valence-electron chi connectivity index (χ2n) is 5.52. The summed E-state index contributed by atoms with van der Waals surface area (Å²) in [7, 11) is 1.71. The molecule has 3 rings (SSSR count). The van der Waals surface area contributed by atoms with Gasteiger partial charge in [-0.05, 0) is 24.8 Å². The molecule has 0 amide bonds. The maximum Gasteiger partial charge on any atom is 0.259 e. The molecule has 2 aromatic rings. The lowest BCUT2D eigenvalue weighted by Gasteiger charge is -2.26. The number of pyridine rings is 1. The molecule has 1 atom stereocenters. The molecule has 1 saturated carbocycles. The van der Waals surface area contributed by atoms with Crippen molar-refractivity contribution >= 4 is 5.69 Å². The van der Waals surface area contributed by atoms with E-state index in [2.05, 4.69) is 15.1 Å². The van der Waals surface area contributed by atoms with Crippen LogP contribution < -0.4 is 5.73 Å². The van der Waals surface area contributed by atoms with Crippen LogP contribution in [-0.2, 0) is 4.74 Å². The molecule has 2 heterocycles. The van der Waals surface area contributed by atoms with Gasteiger partial charge in [-0.1, -0.05) is 24.4 Å². The monoisotopic (exact) mass is 288 g/mol. The van der Waals surface area contributed by atoms with Crippen molar-refractivity contribution in [1.82, 2.24) is 15.1 Å². The van der Waals surface area contributed by atoms with Crippen molar-refractivity contribution in [1.29, 1.82) is 0 Å². The summed E-state index contributed by atoms with van der Waals surface area (Å²) >= 11 is 0. The molecular formula is C15H20N4O2. The van der Waals surface area contributed by atoms with E-state index in [0.717, 1.165) is 18.4 Å². The van der Waals surface area contributed by atoms with Crippen LogP contribution in [-0.4, -0.2) is 22.2 Å². The van der Waals surface area contributed by atoms with Crippen molar-refractivity contribution in [3.05, 3.63) is 24.3 Å². The Morgan fingerprint density at radius 2 is 2.10 bits per heavy atom. The van der Waals surface area contributed by atoms with Crippen LogP contribution in [0.2, 0.25) is 0 Å². The molecule has 1 aliphatic carbocycles. The van der Waals surface area contributed by atoms with Crippen LogP contribution in [0, 0.1) is 5.92 Å². The van der Waals surface area contributed by atoms with Gasteiger partial charge in [0.2, 0.25) is 5.82 Å². The van der Waals surface area contributed by atoms with E-state index in [1.54, 1.807) is 25.6 Å². The van der Waals surface area contributed by atoms with Gasteiger partial charge < -0.3 is 15.0 Å². The molecule has 112 valence electrons. The zero-order valence-electron chi connectivity index (χ0n) is 12.2. The Hall–Kier alpha value is -1.95. The Morgan fingerprint density at radius 1 is 1.29 bits per heavy atom. The third-order valence-corrected chi connectivity index (χ3v) is 4.03. The number of nitrogens with zero attached hydrogens (tertiary/aromatic N) is 3. The first kappa shape index (κ1) is 14.0. The lowest BCUT2D eigenvalue weighted by molar-refractivity contribution is 0.0274. The van der Waals surface area contributed by atoms with Gasteiger partial charge in [0.05, 0.1) is 11.3 Å². The highest BCUT2D eigenvalue weighted by atomic mass is 16.5. The number of methoxy groups -OCH3 is 1. The van der Waals surface area contributed by atoms with Crippen molar-refractivity contribution in [3.63, 3.8) is 0 Å². The summed E-state index contributed by atoms with van der Waals surface area (Å²) in [6.07, 6.45) is 9.25. The van der Waals surface area contributed by atoms with E-state index in [-0.39, 0.29) is 6.10 Å². The Bertz CT molecular complexity index is 593. The van der Waals surface area contributed by atoms with Gasteiger partial charge in [0.25, 0.3) is 5.89 Å². The van der Waals surface area contributed by atoms with Gasteiger partial charge in [-0.15, -0.1) is 0 Å². The van der Waals surface area contributed by atoms with Crippen LogP contribution in [0.25, 0.3) is 11.5 Å². The van der Waals surface area contributed by atoms with Crippen molar-refractivity contribution < 1.29 is 9.26 Å². The van der Waals surface area contributed by atoms with Crippen LogP contribution in [0.1, 0.15) is 44.0 Å². The minimum atomic E-state index is -0.100. The Morgan fingerprint density at radius 3 is 2.81 bits per heavy atom. The molecule has 0 bridgehead atoms. The topological polar surface area (TPSA) is 87.1 Å². The van der Waals surface area contributed by atoms with E-state index in [9.17, 15) is 0 Å². The van der Waals surface area contributed by atoms with E-state index >= 15 is 0 Å². The molecule has 6 heteroatoms. The maximum absolute atomic E-state index is 5.73. The third kappa shape index (κ3) is 3.05. The summed E-state index contributed by atoms with van der Waals surface area (Å²) in [4.78, 5) is 8.51. The maximum atomic E-state index is 5.73. The first-order chi connectivity index (χ1) is 10.3. The number of aromatic nitrogens is 3. The molecule has 2 N–H and O–H groups in total. The first-order valence-electron chi connectivity index (χ1n) is 7.35. The Labute approximate surface area is 123 Å². The van der Waals surface area contributed by atoms with Gasteiger partial charge in [-0.25, -0.2) is 0 Å². The zero-order chi connectivity index (χ0) is 14.7. The molecule has 2 aromatic heterocycles. The van der Waals surface area contributed by atoms with Crippen LogP contribution in [0.3, 0.4) is 0 Å². The van der Waals surface area contributed by atoms with E-state index < -0.39 is 0 Å². The predicted molar refractivity (Wildman–Crippen MR) is 78.3 cm³/mol. The Balaban J connectivity index is 1.82. The highest BCUT2D eigenvalue weighted by Gasteiger charge is 2.29. The molecule has 1 unspecified atom stereocenters. The van der Waals surface area contributed by atoms with Gasteiger partial charge in [-0.3, -0.25) is 4.98 Å². The smallest absolute Gasteiger partial charge is 0.259 e. The summed E-state index contributed by atoms with van der Waals surface area (Å²) < 4.78 is 11.0. The SMILES string of the molecule is COC(c1noc(-c2cncc(N)c2)n1)C1CCCCC1. The number of hydrogen-bond acceptors (Lipinski definition) is 6. The second-order valence-corrected chi connectivity index (χ2v) is 5.52. The number of ether oxygens (including phenoxy) is 1. The van der Waals surface area contributed by atoms with Gasteiger partial charge in [-0.2, -0.15) is 4.98 Å². The molecule has 1 aliphatic rings.